The largest absolute Gasteiger partial charge is 0.357 e. The topological polar surface area (TPSA) is 475 Å². The number of anilines is 4. The summed E-state index contributed by atoms with van der Waals surface area (Å²) in [5.74, 6) is -24.4. The number of alkyl halides is 8. The van der Waals surface area contributed by atoms with E-state index in [4.69, 9.17) is 18.0 Å². The first kappa shape index (κ1) is 102. The van der Waals surface area contributed by atoms with Crippen LogP contribution in [0.1, 0.15) is 269 Å². The molecule has 8 saturated carbocycles. The number of amides is 9. The molecule has 9 amide bonds. The number of likely N-dealkylation sites (N-methyl/N-ethyl adjacent to an activating group) is 1. The third-order valence-electron chi connectivity index (χ3n) is 30.6. The maximum atomic E-state index is 14.0. The van der Waals surface area contributed by atoms with Gasteiger partial charge in [0, 0.05) is 144 Å². The lowest BCUT2D eigenvalue weighted by Crippen LogP contribution is -2.69. The number of carbonyl (C=O) groups is 13. The van der Waals surface area contributed by atoms with Gasteiger partial charge >= 0.3 is 0 Å². The van der Waals surface area contributed by atoms with Crippen LogP contribution in [0, 0.1) is 114 Å². The average Bonchev–Trinajstić information content (AvgIpc) is 1.55. The minimum absolute atomic E-state index is 0.0164. The lowest BCUT2D eigenvalue weighted by Gasteiger charge is -2.46. The molecule has 780 valence electrons. The zero-order chi connectivity index (χ0) is 107. The minimum Gasteiger partial charge on any atom is -0.357 e. The van der Waals surface area contributed by atoms with Gasteiger partial charge in [-0.25, -0.2) is 57.1 Å². The molecule has 0 spiro atoms. The van der Waals surface area contributed by atoms with Gasteiger partial charge in [0.05, 0.1) is 63.0 Å². The van der Waals surface area contributed by atoms with E-state index in [-0.39, 0.29) is 143 Å². The molecule has 0 bridgehead atoms. The van der Waals surface area contributed by atoms with E-state index < -0.39 is 203 Å². The number of aromatic amines is 3. The van der Waals surface area contributed by atoms with Crippen molar-refractivity contribution in [2.24, 2.45) is 23.7 Å². The Labute approximate surface area is 845 Å². The van der Waals surface area contributed by atoms with Crippen molar-refractivity contribution in [2.75, 3.05) is 28.3 Å². The van der Waals surface area contributed by atoms with E-state index in [1.165, 1.54) is 65.5 Å². The molecule has 0 unspecified atom stereocenters. The lowest BCUT2D eigenvalue weighted by molar-refractivity contribution is -0.164. The third-order valence-corrected chi connectivity index (χ3v) is 31.1. The third kappa shape index (κ3) is 17.7. The van der Waals surface area contributed by atoms with Crippen LogP contribution in [0.15, 0.2) is 79.3 Å². The highest BCUT2D eigenvalue weighted by molar-refractivity contribution is 6.46. The van der Waals surface area contributed by atoms with Crippen molar-refractivity contribution in [1.29, 1.82) is 0 Å². The summed E-state index contributed by atoms with van der Waals surface area (Å²) in [6, 6.07) is 13.0. The number of carbonyl (C=O) groups excluding carboxylic acids is 13. The zero-order valence-corrected chi connectivity index (χ0v) is 81.3. The average molecular weight is 2100 g/mol. The van der Waals surface area contributed by atoms with Crippen LogP contribution < -0.4 is 47.9 Å². The molecule has 7 aromatic heterocycles. The Morgan fingerprint density at radius 1 is 0.373 bits per heavy atom. The van der Waals surface area contributed by atoms with Crippen molar-refractivity contribution in [3.05, 3.63) is 243 Å². The number of hydrogen-bond acceptors (Lipinski definition) is 19. The molecule has 11 heterocycles. The Hall–Kier alpha value is -15.7. The summed E-state index contributed by atoms with van der Waals surface area (Å²) in [6.45, 7) is 10.6. The van der Waals surface area contributed by atoms with Crippen molar-refractivity contribution in [3.63, 3.8) is 0 Å². The van der Waals surface area contributed by atoms with Gasteiger partial charge in [-0.05, 0) is 206 Å². The number of H-pyrrole nitrogens is 3. The first-order valence-corrected chi connectivity index (χ1v) is 48.0. The van der Waals surface area contributed by atoms with Gasteiger partial charge in [-0.15, -0.1) is 6.42 Å². The van der Waals surface area contributed by atoms with E-state index in [1.54, 1.807) is 45.7 Å². The first-order valence-electron chi connectivity index (χ1n) is 47.7. The van der Waals surface area contributed by atoms with Crippen molar-refractivity contribution in [2.45, 2.75) is 221 Å². The van der Waals surface area contributed by atoms with Crippen molar-refractivity contribution in [1.82, 2.24) is 91.1 Å². The first-order chi connectivity index (χ1) is 70.7. The van der Waals surface area contributed by atoms with Gasteiger partial charge in [-0.1, -0.05) is 23.6 Å². The van der Waals surface area contributed by atoms with E-state index in [2.05, 4.69) is 100 Å². The minimum atomic E-state index is -3.16. The molecular formula is C101H90ClF13N22O13. The van der Waals surface area contributed by atoms with Crippen LogP contribution in [0.25, 0.3) is 0 Å². The number of ketones is 4. The van der Waals surface area contributed by atoms with E-state index >= 15 is 0 Å². The predicted octanol–water partition coefficient (Wildman–Crippen LogP) is 13.4. The second kappa shape index (κ2) is 36.1. The highest BCUT2D eigenvalue weighted by Gasteiger charge is 2.66. The van der Waals surface area contributed by atoms with Crippen LogP contribution in [0.3, 0.4) is 0 Å². The molecule has 8 atom stereocenters. The molecule has 8 fully saturated rings. The zero-order valence-electron chi connectivity index (χ0n) is 80.6. The fraction of sp³-hybridized carbons (Fsp3) is 0.396. The highest BCUT2D eigenvalue weighted by atomic mass is 35.5. The number of hydrogen-bond donors (Lipinski definition) is 12. The second-order valence-corrected chi connectivity index (χ2v) is 41.3. The molecule has 12 aliphatic rings. The monoisotopic (exact) mass is 2100 g/mol. The molecule has 11 aromatic rings. The van der Waals surface area contributed by atoms with Crippen LogP contribution in [0.5, 0.6) is 0 Å². The molecule has 49 heteroatoms. The number of nitrogens with zero attached hydrogens (tertiary/aromatic N) is 10. The quantitative estimate of drug-likeness (QED) is 0.0116. The predicted molar refractivity (Wildman–Crippen MR) is 502 cm³/mol. The van der Waals surface area contributed by atoms with Gasteiger partial charge in [0.1, 0.15) is 74.5 Å². The highest BCUT2D eigenvalue weighted by Crippen LogP contribution is 2.61. The van der Waals surface area contributed by atoms with Crippen LogP contribution in [0.2, 0.25) is 5.02 Å². The summed E-state index contributed by atoms with van der Waals surface area (Å²) in [4.78, 5) is 172. The summed E-state index contributed by atoms with van der Waals surface area (Å²) < 4.78 is 187. The summed E-state index contributed by atoms with van der Waals surface area (Å²) in [7, 11) is 1.24. The summed E-state index contributed by atoms with van der Waals surface area (Å²) in [6.07, 6.45) is 8.14. The number of halogens is 14. The van der Waals surface area contributed by atoms with Gasteiger partial charge in [0.15, 0.2) is 0 Å². The number of rotatable bonds is 24. The Morgan fingerprint density at radius 3 is 0.920 bits per heavy atom. The van der Waals surface area contributed by atoms with Crippen LogP contribution in [0.4, 0.5) is 79.8 Å². The van der Waals surface area contributed by atoms with E-state index in [0.717, 1.165) is 61.6 Å². The number of aryl methyl sites for hydroxylation is 1. The molecule has 150 heavy (non-hydrogen) atoms. The SMILES string of the molecule is C#Cc1cc(NC(=O)c2c(C)c(C(=O)C(=O)NC3(c4cn[nH]n4)CC(F)(F)C3)c3n2[C@@H]2C[C@@H]2C3)ccc1F.CNC(=O)C1(NC(=O)C(=O)c2c(C)c(C(=O)Nc3cc(F)c(C)c(F)c3)n3c2C[C@H]2C[C@H]23)CC(F)(F)C1.Cc1c(F)cc(NC(=O)c2c(C)c(C(=O)C(=O)NC3(c4cn[nH]n4)CC(F)(F)C3)c3n2[C@@H]2C[C@@H]2C3)cc1F.Cc1ccc(NC(=O)c2c(C)c(C(=O)C(=O)NC3(c4cn[nH]n4)CC(F)(F)C3)c3n2[C@@H]2C[C@@H]2C3)cc1Cl. The van der Waals surface area contributed by atoms with Crippen molar-refractivity contribution < 1.29 is 119 Å². The van der Waals surface area contributed by atoms with Gasteiger partial charge in [0.25, 0.3) is 94.1 Å². The van der Waals surface area contributed by atoms with Crippen LogP contribution in [-0.4, -0.2) is 177 Å². The molecule has 0 radical (unpaired) electrons. The van der Waals surface area contributed by atoms with E-state index in [9.17, 15) is 119 Å². The Morgan fingerprint density at radius 2 is 0.653 bits per heavy atom. The maximum Gasteiger partial charge on any atom is 0.293 e. The van der Waals surface area contributed by atoms with Gasteiger partial charge < -0.3 is 66.1 Å². The van der Waals surface area contributed by atoms with Gasteiger partial charge in [0.2, 0.25) is 5.91 Å². The van der Waals surface area contributed by atoms with E-state index in [0.29, 0.717) is 81.9 Å². The van der Waals surface area contributed by atoms with Crippen molar-refractivity contribution >= 4 is 111 Å². The van der Waals surface area contributed by atoms with E-state index in [1.807, 2.05) is 11.5 Å². The second-order valence-electron chi connectivity index (χ2n) is 40.9. The molecule has 23 rings (SSSR count). The Bertz CT molecular complexity index is 7690. The van der Waals surface area contributed by atoms with Crippen LogP contribution in [-0.2, 0) is 66.3 Å². The fourth-order valence-corrected chi connectivity index (χ4v) is 23.2. The molecule has 8 aliphatic carbocycles. The number of fused-ring (bicyclic) bond motifs is 12. The number of aromatic nitrogens is 13. The van der Waals surface area contributed by atoms with Gasteiger partial charge in [-0.2, -0.15) is 46.2 Å². The summed E-state index contributed by atoms with van der Waals surface area (Å²) in [5.41, 5.74) is -0.926. The van der Waals surface area contributed by atoms with Gasteiger partial charge in [-0.3, -0.25) is 62.3 Å². The number of benzene rings is 4. The number of terminal acetylenes is 1. The summed E-state index contributed by atoms with van der Waals surface area (Å²) in [5, 5.41) is 52.3. The molecule has 35 nitrogen and oxygen atoms in total. The fourth-order valence-electron chi connectivity index (χ4n) is 23.0. The number of Topliss-reactive ketones (excluding diaryl/α,β-unsaturated/α-hetero) is 4. The van der Waals surface area contributed by atoms with Crippen LogP contribution >= 0.6 is 11.6 Å². The Kier molecular flexibility index (Phi) is 24.4. The molecular weight excluding hydrogens is 2010 g/mol. The summed E-state index contributed by atoms with van der Waals surface area (Å²) >= 11 is 6.20. The maximum absolute atomic E-state index is 14.0. The van der Waals surface area contributed by atoms with Crippen molar-refractivity contribution in [3.8, 4) is 12.3 Å². The molecule has 0 saturated heterocycles. The molecule has 12 N–H and O–H groups in total. The molecule has 4 aromatic carbocycles. The molecule has 4 aliphatic heterocycles. The standard InChI is InChI=1S/C26H21F3N6O3.C25H23ClF2N6O3.C25H22F4N6O3.C25H24F4N4O4/c1-3-13-6-15(4-5-16(13)27)31-23(37)21-12(2)20(18-8-14-7-17(14)35(18)21)22(36)24(38)32-25(10-26(28,29)11-25)19-9-30-34-33-19;1-11-3-4-14(7-15(11)26)30-22(36)20-12(2)19(17-6-13-5-16(13)34(17)20)21(35)23(37)31-24(9-25(27,28)10-24)18-8-29-33-32-18;1-10-14(26)5-13(6-15(10)27)31-22(37)20-11(2)19(17-4-12-3-16(12)35(17)20)21(36)23(38)32-24(8-25(28,29)9-24)18-7-30-34-33-18;1-10-14(26)6-13(7-15(10)27)31-21(35)19-11(2)18(17-5-12-4-16(12)33(17)19)20(34)22(36)32-24(23(37)30-3)8-25(28,29)9-24/h1,4-6,9,14,17H,7-8,10-11H2,2H3,(H,31,37)(H,32,38)(H,30,33,34);3-4,7-8,13,16H,5-6,9-10H2,1-2H3,(H,30,36)(H,31,37)(H,29,32,33);5-7,12,16H,3-4,8-9H2,1-2H3,(H,31,37)(H,32,38)(H,30,33,34);6-7,12,16H,4-5,8-9H2,1-3H3,(H,30,37)(H,31,35)(H,32,36)/t14-,17-;13-,16-;2*12-,16-/m1111/s1. The Balaban J connectivity index is 0.000000121. The smallest absolute Gasteiger partial charge is 0.293 e. The normalized spacial score (nSPS) is 21.7. The number of nitrogens with one attached hydrogen (secondary N) is 12. The lowest BCUT2D eigenvalue weighted by atomic mass is 9.71.